The molecule has 2 heterocycles. The summed E-state index contributed by atoms with van der Waals surface area (Å²) in [5.74, 6) is -0.0349. The summed E-state index contributed by atoms with van der Waals surface area (Å²) >= 11 is 1.38. The van der Waals surface area contributed by atoms with Crippen molar-refractivity contribution in [1.29, 1.82) is 0 Å². The van der Waals surface area contributed by atoms with Crippen LogP contribution in [0.25, 0.3) is 16.4 Å². The normalized spacial score (nSPS) is 13.9. The van der Waals surface area contributed by atoms with Gasteiger partial charge in [0.2, 0.25) is 0 Å². The Morgan fingerprint density at radius 1 is 1.20 bits per heavy atom. The summed E-state index contributed by atoms with van der Waals surface area (Å²) < 4.78 is 1.80. The summed E-state index contributed by atoms with van der Waals surface area (Å²) in [6.45, 7) is 5.88. The van der Waals surface area contributed by atoms with Gasteiger partial charge in [0.15, 0.2) is 0 Å². The molecule has 1 aromatic carbocycles. The quantitative estimate of drug-likeness (QED) is 0.782. The first-order valence-corrected chi connectivity index (χ1v) is 9.12. The first-order valence-electron chi connectivity index (χ1n) is 8.31. The Kier molecular flexibility index (Phi) is 3.88. The fourth-order valence-electron chi connectivity index (χ4n) is 2.64. The van der Waals surface area contributed by atoms with Gasteiger partial charge in [0.25, 0.3) is 5.91 Å². The van der Waals surface area contributed by atoms with E-state index in [9.17, 15) is 4.79 Å². The molecule has 0 unspecified atom stereocenters. The number of hydrogen-bond donors (Lipinski definition) is 1. The third kappa shape index (κ3) is 3.07. The van der Waals surface area contributed by atoms with Gasteiger partial charge in [-0.05, 0) is 45.7 Å². The van der Waals surface area contributed by atoms with Crippen LogP contribution in [0, 0.1) is 20.8 Å². The number of hydrogen-bond acceptors (Lipinski definition) is 5. The van der Waals surface area contributed by atoms with Gasteiger partial charge in [0, 0.05) is 6.04 Å². The van der Waals surface area contributed by atoms with Crippen molar-refractivity contribution in [2.45, 2.75) is 39.7 Å². The molecular weight excluding hydrogens is 334 g/mol. The van der Waals surface area contributed by atoms with Crippen LogP contribution in [0.1, 0.15) is 39.5 Å². The second-order valence-corrected chi connectivity index (χ2v) is 7.45. The van der Waals surface area contributed by atoms with Crippen LogP contribution < -0.4 is 5.32 Å². The first-order chi connectivity index (χ1) is 12.0. The minimum Gasteiger partial charge on any atom is -0.349 e. The lowest BCUT2D eigenvalue weighted by atomic mass is 10.2. The molecule has 0 radical (unpaired) electrons. The molecule has 4 rings (SSSR count). The number of carbonyl (C=O) groups is 1. The Labute approximate surface area is 149 Å². The van der Waals surface area contributed by atoms with E-state index < -0.39 is 0 Å². The lowest BCUT2D eigenvalue weighted by Gasteiger charge is -2.03. The molecule has 3 aromatic rings. The van der Waals surface area contributed by atoms with Crippen LogP contribution in [0.4, 0.5) is 0 Å². The number of nitrogens with zero attached hydrogens (tertiary/aromatic N) is 4. The Morgan fingerprint density at radius 2 is 1.92 bits per heavy atom. The summed E-state index contributed by atoms with van der Waals surface area (Å²) in [4.78, 5) is 17.5. The highest BCUT2D eigenvalue weighted by molar-refractivity contribution is 7.17. The van der Waals surface area contributed by atoms with Gasteiger partial charge >= 0.3 is 0 Å². The SMILES string of the molecule is Cc1ccc(-n2nnc(-c3nc(C)c(C(=O)NC4CC4)s3)c2C)cc1. The highest BCUT2D eigenvalue weighted by atomic mass is 32.1. The van der Waals surface area contributed by atoms with E-state index in [1.807, 2.05) is 38.1 Å². The first kappa shape index (κ1) is 16.0. The molecule has 7 heteroatoms. The molecule has 0 bridgehead atoms. The molecule has 0 saturated heterocycles. The summed E-state index contributed by atoms with van der Waals surface area (Å²) in [5.41, 5.74) is 4.53. The van der Waals surface area contributed by atoms with Crippen molar-refractivity contribution in [3.8, 4) is 16.4 Å². The van der Waals surface area contributed by atoms with E-state index in [1.54, 1.807) is 4.68 Å². The highest BCUT2D eigenvalue weighted by Crippen LogP contribution is 2.30. The fourth-order valence-corrected chi connectivity index (χ4v) is 3.65. The van der Waals surface area contributed by atoms with Crippen molar-refractivity contribution in [3.05, 3.63) is 46.1 Å². The van der Waals surface area contributed by atoms with E-state index in [2.05, 4.69) is 27.5 Å². The average molecular weight is 353 g/mol. The van der Waals surface area contributed by atoms with Crippen LogP contribution in [-0.4, -0.2) is 31.9 Å². The molecule has 6 nitrogen and oxygen atoms in total. The van der Waals surface area contributed by atoms with Crippen molar-refractivity contribution in [2.75, 3.05) is 0 Å². The Morgan fingerprint density at radius 3 is 2.60 bits per heavy atom. The zero-order valence-corrected chi connectivity index (χ0v) is 15.2. The number of benzene rings is 1. The molecule has 1 aliphatic rings. The van der Waals surface area contributed by atoms with Gasteiger partial charge in [-0.3, -0.25) is 4.79 Å². The molecule has 1 amide bonds. The maximum Gasteiger partial charge on any atom is 0.263 e. The molecule has 128 valence electrons. The summed E-state index contributed by atoms with van der Waals surface area (Å²) in [6, 6.07) is 8.46. The monoisotopic (exact) mass is 353 g/mol. The zero-order chi connectivity index (χ0) is 17.6. The van der Waals surface area contributed by atoms with Gasteiger partial charge in [-0.2, -0.15) is 0 Å². The van der Waals surface area contributed by atoms with E-state index in [-0.39, 0.29) is 5.91 Å². The van der Waals surface area contributed by atoms with Crippen molar-refractivity contribution in [1.82, 2.24) is 25.3 Å². The maximum absolute atomic E-state index is 12.3. The van der Waals surface area contributed by atoms with Crippen LogP contribution in [0.5, 0.6) is 0 Å². The molecule has 1 N–H and O–H groups in total. The molecule has 1 fully saturated rings. The summed E-state index contributed by atoms with van der Waals surface area (Å²) in [7, 11) is 0. The average Bonchev–Trinajstić information content (AvgIpc) is 3.19. The van der Waals surface area contributed by atoms with Gasteiger partial charge in [-0.1, -0.05) is 22.9 Å². The lowest BCUT2D eigenvalue weighted by molar-refractivity contribution is 0.0954. The van der Waals surface area contributed by atoms with Gasteiger partial charge in [0.1, 0.15) is 15.6 Å². The van der Waals surface area contributed by atoms with Crippen LogP contribution in [0.3, 0.4) is 0 Å². The van der Waals surface area contributed by atoms with Crippen molar-refractivity contribution >= 4 is 17.2 Å². The minimum atomic E-state index is -0.0349. The van der Waals surface area contributed by atoms with Crippen LogP contribution >= 0.6 is 11.3 Å². The van der Waals surface area contributed by atoms with Gasteiger partial charge in [-0.15, -0.1) is 16.4 Å². The number of thiazole rings is 1. The van der Waals surface area contributed by atoms with Gasteiger partial charge < -0.3 is 5.32 Å². The number of amides is 1. The molecule has 2 aromatic heterocycles. The minimum absolute atomic E-state index is 0.0349. The standard InChI is InChI=1S/C18H19N5OS/c1-10-4-8-14(9-5-10)23-12(3)15(21-22-23)18-19-11(2)16(25-18)17(24)20-13-6-7-13/h4-5,8-9,13H,6-7H2,1-3H3,(H,20,24). The summed E-state index contributed by atoms with van der Waals surface area (Å²) in [5, 5.41) is 12.3. The van der Waals surface area contributed by atoms with Gasteiger partial charge in [0.05, 0.1) is 17.1 Å². The molecule has 0 aliphatic heterocycles. The van der Waals surface area contributed by atoms with Crippen LogP contribution in [-0.2, 0) is 0 Å². The van der Waals surface area contributed by atoms with Crippen LogP contribution in [0.2, 0.25) is 0 Å². The van der Waals surface area contributed by atoms with Crippen molar-refractivity contribution in [2.24, 2.45) is 0 Å². The Balaban J connectivity index is 1.66. The van der Waals surface area contributed by atoms with Crippen molar-refractivity contribution in [3.63, 3.8) is 0 Å². The molecule has 1 aliphatic carbocycles. The second-order valence-electron chi connectivity index (χ2n) is 6.45. The highest BCUT2D eigenvalue weighted by Gasteiger charge is 2.26. The molecule has 0 spiro atoms. The summed E-state index contributed by atoms with van der Waals surface area (Å²) in [6.07, 6.45) is 2.14. The molecule has 25 heavy (non-hydrogen) atoms. The number of aryl methyl sites for hydroxylation is 2. The van der Waals surface area contributed by atoms with E-state index in [0.717, 1.165) is 40.6 Å². The topological polar surface area (TPSA) is 72.7 Å². The third-order valence-electron chi connectivity index (χ3n) is 4.29. The zero-order valence-electron chi connectivity index (χ0n) is 14.4. The van der Waals surface area contributed by atoms with E-state index >= 15 is 0 Å². The Bertz CT molecular complexity index is 937. The molecule has 1 saturated carbocycles. The van der Waals surface area contributed by atoms with E-state index in [4.69, 9.17) is 0 Å². The number of carbonyl (C=O) groups excluding carboxylic acids is 1. The Hall–Kier alpha value is -2.54. The van der Waals surface area contributed by atoms with E-state index in [1.165, 1.54) is 16.9 Å². The predicted molar refractivity (Wildman–Crippen MR) is 97.2 cm³/mol. The smallest absolute Gasteiger partial charge is 0.263 e. The van der Waals surface area contributed by atoms with E-state index in [0.29, 0.717) is 10.9 Å². The van der Waals surface area contributed by atoms with Crippen LogP contribution in [0.15, 0.2) is 24.3 Å². The second kappa shape index (κ2) is 6.07. The number of aromatic nitrogens is 4. The number of rotatable bonds is 4. The van der Waals surface area contributed by atoms with Gasteiger partial charge in [-0.25, -0.2) is 9.67 Å². The third-order valence-corrected chi connectivity index (χ3v) is 5.45. The lowest BCUT2D eigenvalue weighted by Crippen LogP contribution is -2.25. The molecule has 0 atom stereocenters. The fraction of sp³-hybridized carbons (Fsp3) is 0.333. The maximum atomic E-state index is 12.3. The molecular formula is C18H19N5OS. The van der Waals surface area contributed by atoms with Crippen molar-refractivity contribution < 1.29 is 4.79 Å². The largest absolute Gasteiger partial charge is 0.349 e. The number of nitrogens with one attached hydrogen (secondary N) is 1. The predicted octanol–water partition coefficient (Wildman–Crippen LogP) is 3.21.